The predicted octanol–water partition coefficient (Wildman–Crippen LogP) is 3.54. The number of carbonyl (C=O) groups excluding carboxylic acids is 1. The average Bonchev–Trinajstić information content (AvgIpc) is 2.49. The predicted molar refractivity (Wildman–Crippen MR) is 101 cm³/mol. The minimum atomic E-state index is 0. The average molecular weight is 351 g/mol. The second-order valence-electron chi connectivity index (χ2n) is 7.67. The second-order valence-corrected chi connectivity index (χ2v) is 7.67. The van der Waals surface area contributed by atoms with Crippen molar-refractivity contribution in [2.45, 2.75) is 58.4 Å². The molecule has 0 heterocycles. The van der Waals surface area contributed by atoms with Gasteiger partial charge in [-0.15, -0.1) is 12.4 Å². The molecule has 4 heteroatoms. The van der Waals surface area contributed by atoms with Gasteiger partial charge in [0.05, 0.1) is 0 Å². The Bertz CT molecular complexity index is 561. The van der Waals surface area contributed by atoms with Crippen LogP contribution in [0.3, 0.4) is 0 Å². The summed E-state index contributed by atoms with van der Waals surface area (Å²) in [5.41, 5.74) is 10.3. The quantitative estimate of drug-likeness (QED) is 0.872. The Balaban J connectivity index is 0.00000208. The molecule has 0 saturated heterocycles. The molecule has 2 bridgehead atoms. The van der Waals surface area contributed by atoms with E-state index in [0.29, 0.717) is 17.9 Å². The van der Waals surface area contributed by atoms with Crippen molar-refractivity contribution in [3.8, 4) is 0 Å². The first-order valence-electron chi connectivity index (χ1n) is 9.14. The molecule has 2 unspecified atom stereocenters. The summed E-state index contributed by atoms with van der Waals surface area (Å²) in [6, 6.07) is 6.87. The number of carbonyl (C=O) groups is 1. The summed E-state index contributed by atoms with van der Waals surface area (Å²) < 4.78 is 0. The van der Waals surface area contributed by atoms with Crippen molar-refractivity contribution in [1.82, 2.24) is 5.32 Å². The SMILES string of the molecule is Cc1ccc(CCNC(=O)C2CC3CCCC(C2)C3N)c(C)c1.Cl. The Hall–Kier alpha value is -1.06. The maximum absolute atomic E-state index is 12.5. The molecule has 1 aromatic carbocycles. The molecule has 2 fully saturated rings. The van der Waals surface area contributed by atoms with E-state index in [1.807, 2.05) is 0 Å². The van der Waals surface area contributed by atoms with Gasteiger partial charge in [0, 0.05) is 18.5 Å². The van der Waals surface area contributed by atoms with Gasteiger partial charge in [-0.2, -0.15) is 0 Å². The fourth-order valence-corrected chi connectivity index (χ4v) is 4.59. The molecule has 0 aliphatic heterocycles. The fraction of sp³-hybridized carbons (Fsp3) is 0.650. The number of amides is 1. The zero-order valence-electron chi connectivity index (χ0n) is 14.9. The molecule has 2 saturated carbocycles. The van der Waals surface area contributed by atoms with Crippen LogP contribution in [0.5, 0.6) is 0 Å². The third-order valence-electron chi connectivity index (χ3n) is 5.98. The Morgan fingerprint density at radius 3 is 2.50 bits per heavy atom. The Kier molecular flexibility index (Phi) is 6.70. The van der Waals surface area contributed by atoms with Gasteiger partial charge in [0.2, 0.25) is 5.91 Å². The highest BCUT2D eigenvalue weighted by Gasteiger charge is 2.40. The van der Waals surface area contributed by atoms with Crippen LogP contribution in [0, 0.1) is 31.6 Å². The Labute approximate surface area is 152 Å². The van der Waals surface area contributed by atoms with Crippen LogP contribution < -0.4 is 11.1 Å². The zero-order chi connectivity index (χ0) is 16.4. The number of aryl methyl sites for hydroxylation is 2. The molecule has 0 spiro atoms. The van der Waals surface area contributed by atoms with Crippen LogP contribution >= 0.6 is 12.4 Å². The van der Waals surface area contributed by atoms with Crippen LogP contribution in [-0.4, -0.2) is 18.5 Å². The summed E-state index contributed by atoms with van der Waals surface area (Å²) in [5, 5.41) is 3.17. The monoisotopic (exact) mass is 350 g/mol. The van der Waals surface area contributed by atoms with Gasteiger partial charge < -0.3 is 11.1 Å². The normalized spacial score (nSPS) is 28.8. The maximum atomic E-state index is 12.5. The first kappa shape index (κ1) is 19.3. The summed E-state index contributed by atoms with van der Waals surface area (Å²) in [4.78, 5) is 12.5. The van der Waals surface area contributed by atoms with Crippen molar-refractivity contribution in [2.75, 3.05) is 6.54 Å². The van der Waals surface area contributed by atoms with Crippen LogP contribution in [-0.2, 0) is 11.2 Å². The largest absolute Gasteiger partial charge is 0.356 e. The summed E-state index contributed by atoms with van der Waals surface area (Å²) in [5.74, 6) is 1.57. The van der Waals surface area contributed by atoms with Gasteiger partial charge in [0.25, 0.3) is 0 Å². The molecule has 0 aromatic heterocycles. The highest BCUT2D eigenvalue weighted by atomic mass is 35.5. The second kappa shape index (κ2) is 8.35. The Morgan fingerprint density at radius 1 is 1.21 bits per heavy atom. The number of nitrogens with one attached hydrogen (secondary N) is 1. The maximum Gasteiger partial charge on any atom is 0.223 e. The van der Waals surface area contributed by atoms with Crippen LogP contribution in [0.15, 0.2) is 18.2 Å². The molecule has 1 aromatic rings. The lowest BCUT2D eigenvalue weighted by Crippen LogP contribution is -2.49. The van der Waals surface area contributed by atoms with Gasteiger partial charge in [-0.1, -0.05) is 30.2 Å². The van der Waals surface area contributed by atoms with E-state index in [1.165, 1.54) is 36.0 Å². The lowest BCUT2D eigenvalue weighted by Gasteiger charge is -2.43. The van der Waals surface area contributed by atoms with Crippen LogP contribution in [0.2, 0.25) is 0 Å². The molecule has 2 aliphatic rings. The van der Waals surface area contributed by atoms with E-state index >= 15 is 0 Å². The minimum absolute atomic E-state index is 0. The molecule has 2 aliphatic carbocycles. The van der Waals surface area contributed by atoms with E-state index in [-0.39, 0.29) is 24.2 Å². The number of hydrogen-bond acceptors (Lipinski definition) is 2. The first-order chi connectivity index (χ1) is 11.0. The number of fused-ring (bicyclic) bond motifs is 2. The van der Waals surface area contributed by atoms with Crippen LogP contribution in [0.1, 0.15) is 48.8 Å². The van der Waals surface area contributed by atoms with E-state index in [1.54, 1.807) is 0 Å². The minimum Gasteiger partial charge on any atom is -0.356 e. The van der Waals surface area contributed by atoms with E-state index in [0.717, 1.165) is 25.8 Å². The molecule has 134 valence electrons. The molecule has 24 heavy (non-hydrogen) atoms. The summed E-state index contributed by atoms with van der Waals surface area (Å²) in [6.07, 6.45) is 6.62. The third-order valence-corrected chi connectivity index (χ3v) is 5.98. The number of halogens is 1. The number of benzene rings is 1. The summed E-state index contributed by atoms with van der Waals surface area (Å²) in [7, 11) is 0. The molecule has 0 radical (unpaired) electrons. The van der Waals surface area contributed by atoms with Crippen molar-refractivity contribution in [1.29, 1.82) is 0 Å². The molecular formula is C20H31ClN2O. The van der Waals surface area contributed by atoms with Crippen LogP contribution in [0.4, 0.5) is 0 Å². The van der Waals surface area contributed by atoms with Gasteiger partial charge in [-0.25, -0.2) is 0 Å². The van der Waals surface area contributed by atoms with Gasteiger partial charge in [-0.3, -0.25) is 4.79 Å². The molecule has 1 amide bonds. The lowest BCUT2D eigenvalue weighted by molar-refractivity contribution is -0.127. The van der Waals surface area contributed by atoms with E-state index in [9.17, 15) is 4.79 Å². The van der Waals surface area contributed by atoms with E-state index in [4.69, 9.17) is 5.73 Å². The van der Waals surface area contributed by atoms with Crippen LogP contribution in [0.25, 0.3) is 0 Å². The standard InChI is InChI=1S/C20H30N2O.ClH/c1-13-6-7-15(14(2)10-13)8-9-22-20(23)18-11-16-4-3-5-17(12-18)19(16)21;/h6-7,10,16-19H,3-5,8-9,11-12,21H2,1-2H3,(H,22,23);1H. The van der Waals surface area contributed by atoms with Gasteiger partial charge >= 0.3 is 0 Å². The first-order valence-corrected chi connectivity index (χ1v) is 9.14. The highest BCUT2D eigenvalue weighted by molar-refractivity contribution is 5.85. The van der Waals surface area contributed by atoms with Crippen molar-refractivity contribution < 1.29 is 4.79 Å². The number of hydrogen-bond donors (Lipinski definition) is 2. The zero-order valence-corrected chi connectivity index (χ0v) is 15.7. The van der Waals surface area contributed by atoms with E-state index in [2.05, 4.69) is 37.4 Å². The summed E-state index contributed by atoms with van der Waals surface area (Å²) in [6.45, 7) is 5.00. The number of nitrogens with two attached hydrogens (primary N) is 1. The lowest BCUT2D eigenvalue weighted by atomic mass is 9.65. The third kappa shape index (κ3) is 4.31. The Morgan fingerprint density at radius 2 is 1.88 bits per heavy atom. The van der Waals surface area contributed by atoms with Crippen molar-refractivity contribution >= 4 is 18.3 Å². The highest BCUT2D eigenvalue weighted by Crippen LogP contribution is 2.41. The van der Waals surface area contributed by atoms with Crippen molar-refractivity contribution in [3.05, 3.63) is 34.9 Å². The van der Waals surface area contributed by atoms with Crippen molar-refractivity contribution in [3.63, 3.8) is 0 Å². The topological polar surface area (TPSA) is 55.1 Å². The fourth-order valence-electron chi connectivity index (χ4n) is 4.59. The van der Waals surface area contributed by atoms with Gasteiger partial charge in [-0.05, 0) is 68.9 Å². The molecule has 3 N–H and O–H groups in total. The van der Waals surface area contributed by atoms with Gasteiger partial charge in [0.15, 0.2) is 0 Å². The molecule has 3 nitrogen and oxygen atoms in total. The van der Waals surface area contributed by atoms with Gasteiger partial charge in [0.1, 0.15) is 0 Å². The number of rotatable bonds is 4. The molecular weight excluding hydrogens is 320 g/mol. The van der Waals surface area contributed by atoms with E-state index < -0.39 is 0 Å². The molecule has 3 rings (SSSR count). The van der Waals surface area contributed by atoms with Crippen molar-refractivity contribution in [2.24, 2.45) is 23.5 Å². The smallest absolute Gasteiger partial charge is 0.223 e. The molecule has 2 atom stereocenters. The summed E-state index contributed by atoms with van der Waals surface area (Å²) >= 11 is 0.